The second kappa shape index (κ2) is 4.65. The maximum absolute atomic E-state index is 12.8. The van der Waals surface area contributed by atoms with Crippen LogP contribution in [0, 0.1) is 0 Å². The predicted octanol–water partition coefficient (Wildman–Crippen LogP) is 1.58. The number of halogens is 2. The largest absolute Gasteiger partial charge is 0.342 e. The molecule has 0 spiro atoms. The monoisotopic (exact) mass is 193 g/mol. The Balaban J connectivity index is 2.40. The van der Waals surface area contributed by atoms with Gasteiger partial charge in [-0.25, -0.2) is 4.39 Å². The summed E-state index contributed by atoms with van der Waals surface area (Å²) in [5.41, 5.74) is 0. The summed E-state index contributed by atoms with van der Waals surface area (Å²) in [5.74, 6) is -0.0671. The van der Waals surface area contributed by atoms with Crippen molar-refractivity contribution in [3.05, 3.63) is 0 Å². The Kier molecular flexibility index (Phi) is 3.79. The third-order valence-corrected chi connectivity index (χ3v) is 2.35. The van der Waals surface area contributed by atoms with E-state index in [2.05, 4.69) is 0 Å². The molecular formula is C8H13ClFNO. The first-order valence-electron chi connectivity index (χ1n) is 4.22. The Hall–Kier alpha value is -0.310. The SMILES string of the molecule is O=C(CCl)N1CCCC(F)CC1. The average molecular weight is 194 g/mol. The Morgan fingerprint density at radius 1 is 1.50 bits per heavy atom. The Labute approximate surface area is 76.7 Å². The zero-order chi connectivity index (χ0) is 8.97. The number of nitrogens with zero attached hydrogens (tertiary/aromatic N) is 1. The molecule has 1 atom stereocenters. The number of amides is 1. The lowest BCUT2D eigenvalue weighted by atomic mass is 10.2. The number of rotatable bonds is 1. The van der Waals surface area contributed by atoms with Gasteiger partial charge < -0.3 is 4.90 Å². The van der Waals surface area contributed by atoms with Crippen LogP contribution in [0.1, 0.15) is 19.3 Å². The van der Waals surface area contributed by atoms with Crippen molar-refractivity contribution in [3.8, 4) is 0 Å². The topological polar surface area (TPSA) is 20.3 Å². The summed E-state index contributed by atoms with van der Waals surface area (Å²) in [7, 11) is 0. The minimum atomic E-state index is -0.738. The van der Waals surface area contributed by atoms with Crippen molar-refractivity contribution < 1.29 is 9.18 Å². The molecule has 0 radical (unpaired) electrons. The lowest BCUT2D eigenvalue weighted by molar-refractivity contribution is -0.128. The first kappa shape index (κ1) is 9.78. The Bertz CT molecular complexity index is 165. The molecule has 0 saturated carbocycles. The lowest BCUT2D eigenvalue weighted by Crippen LogP contribution is -2.32. The number of hydrogen-bond donors (Lipinski definition) is 0. The first-order valence-corrected chi connectivity index (χ1v) is 4.75. The molecule has 1 saturated heterocycles. The molecule has 0 aliphatic carbocycles. The van der Waals surface area contributed by atoms with Crippen molar-refractivity contribution in [2.75, 3.05) is 19.0 Å². The van der Waals surface area contributed by atoms with Gasteiger partial charge in [0.2, 0.25) is 5.91 Å². The van der Waals surface area contributed by atoms with Crippen LogP contribution in [0.25, 0.3) is 0 Å². The fourth-order valence-corrected chi connectivity index (χ4v) is 1.56. The molecule has 4 heteroatoms. The van der Waals surface area contributed by atoms with Crippen LogP contribution in [0.3, 0.4) is 0 Å². The summed E-state index contributed by atoms with van der Waals surface area (Å²) in [6.07, 6.45) is 1.05. The highest BCUT2D eigenvalue weighted by atomic mass is 35.5. The fourth-order valence-electron chi connectivity index (χ4n) is 1.39. The van der Waals surface area contributed by atoms with Gasteiger partial charge in [-0.05, 0) is 19.3 Å². The zero-order valence-electron chi connectivity index (χ0n) is 6.93. The van der Waals surface area contributed by atoms with E-state index in [9.17, 15) is 9.18 Å². The van der Waals surface area contributed by atoms with Gasteiger partial charge in [0.1, 0.15) is 12.1 Å². The zero-order valence-corrected chi connectivity index (χ0v) is 7.69. The van der Waals surface area contributed by atoms with Gasteiger partial charge in [-0.2, -0.15) is 0 Å². The molecular weight excluding hydrogens is 181 g/mol. The minimum Gasteiger partial charge on any atom is -0.342 e. The van der Waals surface area contributed by atoms with Crippen molar-refractivity contribution in [1.82, 2.24) is 4.90 Å². The molecule has 12 heavy (non-hydrogen) atoms. The molecule has 1 rings (SSSR count). The van der Waals surface area contributed by atoms with Crippen LogP contribution in [0.5, 0.6) is 0 Å². The third kappa shape index (κ3) is 2.63. The Morgan fingerprint density at radius 3 is 2.92 bits per heavy atom. The van der Waals surface area contributed by atoms with Crippen LogP contribution in [-0.4, -0.2) is 35.9 Å². The highest BCUT2D eigenvalue weighted by Crippen LogP contribution is 2.13. The molecule has 0 aromatic carbocycles. The summed E-state index contributed by atoms with van der Waals surface area (Å²) in [5, 5.41) is 0. The summed E-state index contributed by atoms with van der Waals surface area (Å²) >= 11 is 5.39. The van der Waals surface area contributed by atoms with E-state index in [0.29, 0.717) is 25.9 Å². The molecule has 0 aromatic rings. The molecule has 0 aromatic heterocycles. The van der Waals surface area contributed by atoms with Gasteiger partial charge >= 0.3 is 0 Å². The van der Waals surface area contributed by atoms with Gasteiger partial charge in [0.25, 0.3) is 0 Å². The van der Waals surface area contributed by atoms with Crippen molar-refractivity contribution in [2.24, 2.45) is 0 Å². The second-order valence-corrected chi connectivity index (χ2v) is 3.31. The van der Waals surface area contributed by atoms with E-state index in [0.717, 1.165) is 6.42 Å². The van der Waals surface area contributed by atoms with Crippen LogP contribution < -0.4 is 0 Å². The van der Waals surface area contributed by atoms with E-state index in [1.54, 1.807) is 4.90 Å². The van der Waals surface area contributed by atoms with Gasteiger partial charge in [0.05, 0.1) is 0 Å². The van der Waals surface area contributed by atoms with Crippen LogP contribution in [-0.2, 0) is 4.79 Å². The minimum absolute atomic E-state index is 0.0109. The quantitative estimate of drug-likeness (QED) is 0.579. The molecule has 1 unspecified atom stereocenters. The van der Waals surface area contributed by atoms with Crippen LogP contribution >= 0.6 is 11.6 Å². The van der Waals surface area contributed by atoms with E-state index in [-0.39, 0.29) is 11.8 Å². The Morgan fingerprint density at radius 2 is 2.25 bits per heavy atom. The molecule has 1 fully saturated rings. The fraction of sp³-hybridized carbons (Fsp3) is 0.875. The van der Waals surface area contributed by atoms with Crippen molar-refractivity contribution in [3.63, 3.8) is 0 Å². The van der Waals surface area contributed by atoms with Crippen LogP contribution in [0.4, 0.5) is 4.39 Å². The first-order chi connectivity index (χ1) is 5.74. The standard InChI is InChI=1S/C8H13ClFNO/c9-6-8(12)11-4-1-2-7(10)3-5-11/h7H,1-6H2. The van der Waals surface area contributed by atoms with Gasteiger partial charge in [-0.1, -0.05) is 0 Å². The third-order valence-electron chi connectivity index (χ3n) is 2.12. The smallest absolute Gasteiger partial charge is 0.237 e. The van der Waals surface area contributed by atoms with Gasteiger partial charge in [0, 0.05) is 13.1 Å². The van der Waals surface area contributed by atoms with E-state index in [4.69, 9.17) is 11.6 Å². The molecule has 2 nitrogen and oxygen atoms in total. The molecule has 0 N–H and O–H groups in total. The van der Waals surface area contributed by atoms with Crippen molar-refractivity contribution >= 4 is 17.5 Å². The predicted molar refractivity (Wildman–Crippen MR) is 46.0 cm³/mol. The van der Waals surface area contributed by atoms with Crippen molar-refractivity contribution in [2.45, 2.75) is 25.4 Å². The van der Waals surface area contributed by atoms with Crippen LogP contribution in [0.2, 0.25) is 0 Å². The molecule has 1 amide bonds. The maximum Gasteiger partial charge on any atom is 0.237 e. The van der Waals surface area contributed by atoms with Gasteiger partial charge in [0.15, 0.2) is 0 Å². The number of carbonyl (C=O) groups excluding carboxylic acids is 1. The van der Waals surface area contributed by atoms with E-state index < -0.39 is 6.17 Å². The highest BCUT2D eigenvalue weighted by molar-refractivity contribution is 6.27. The number of alkyl halides is 2. The van der Waals surface area contributed by atoms with Crippen molar-refractivity contribution in [1.29, 1.82) is 0 Å². The molecule has 70 valence electrons. The molecule has 1 heterocycles. The molecule has 0 bridgehead atoms. The molecule has 1 aliphatic heterocycles. The second-order valence-electron chi connectivity index (χ2n) is 3.04. The summed E-state index contributed by atoms with van der Waals surface area (Å²) in [4.78, 5) is 12.7. The van der Waals surface area contributed by atoms with E-state index in [1.165, 1.54) is 0 Å². The van der Waals surface area contributed by atoms with E-state index >= 15 is 0 Å². The summed E-state index contributed by atoms with van der Waals surface area (Å²) < 4.78 is 12.8. The molecule has 1 aliphatic rings. The average Bonchev–Trinajstić information content (AvgIpc) is 2.29. The van der Waals surface area contributed by atoms with Gasteiger partial charge in [-0.15, -0.1) is 11.6 Å². The highest BCUT2D eigenvalue weighted by Gasteiger charge is 2.18. The number of carbonyl (C=O) groups is 1. The lowest BCUT2D eigenvalue weighted by Gasteiger charge is -2.18. The van der Waals surface area contributed by atoms with Crippen LogP contribution in [0.15, 0.2) is 0 Å². The maximum atomic E-state index is 12.8. The van der Waals surface area contributed by atoms with Gasteiger partial charge in [-0.3, -0.25) is 4.79 Å². The normalized spacial score (nSPS) is 25.2. The summed E-state index contributed by atoms with van der Waals surface area (Å²) in [6.45, 7) is 1.18. The number of likely N-dealkylation sites (tertiary alicyclic amines) is 1. The number of hydrogen-bond acceptors (Lipinski definition) is 1. The van der Waals surface area contributed by atoms with E-state index in [1.807, 2.05) is 0 Å². The summed E-state index contributed by atoms with van der Waals surface area (Å²) in [6, 6.07) is 0.